The van der Waals surface area contributed by atoms with E-state index >= 15 is 0 Å². The first-order valence-electron chi connectivity index (χ1n) is 5.62. The highest BCUT2D eigenvalue weighted by Gasteiger charge is 2.19. The molecule has 0 saturated carbocycles. The molecule has 5 heteroatoms. The van der Waals surface area contributed by atoms with Gasteiger partial charge >= 0.3 is 0 Å². The predicted molar refractivity (Wildman–Crippen MR) is 68.6 cm³/mol. The van der Waals surface area contributed by atoms with Gasteiger partial charge in [0.05, 0.1) is 12.2 Å². The SMILES string of the molecule is CCCC1CN=C(Nc2ccc(F)cc2F)S1. The lowest BCUT2D eigenvalue weighted by Crippen LogP contribution is -2.08. The third-order valence-corrected chi connectivity index (χ3v) is 3.67. The number of hydrogen-bond acceptors (Lipinski definition) is 3. The van der Waals surface area contributed by atoms with Crippen LogP contribution in [0.4, 0.5) is 14.5 Å². The second-order valence-electron chi connectivity index (χ2n) is 3.92. The van der Waals surface area contributed by atoms with E-state index in [1.165, 1.54) is 12.1 Å². The molecule has 0 amide bonds. The number of nitrogens with zero attached hydrogens (tertiary/aromatic N) is 1. The minimum Gasteiger partial charge on any atom is -0.333 e. The highest BCUT2D eigenvalue weighted by atomic mass is 32.2. The molecule has 1 N–H and O–H groups in total. The molecule has 0 fully saturated rings. The molecule has 0 radical (unpaired) electrons. The number of aliphatic imine (C=N–C) groups is 1. The molecule has 0 aromatic heterocycles. The number of thioether (sulfide) groups is 1. The summed E-state index contributed by atoms with van der Waals surface area (Å²) in [4.78, 5) is 4.30. The van der Waals surface area contributed by atoms with E-state index in [9.17, 15) is 8.78 Å². The van der Waals surface area contributed by atoms with Gasteiger partial charge in [-0.2, -0.15) is 0 Å². The summed E-state index contributed by atoms with van der Waals surface area (Å²) in [7, 11) is 0. The van der Waals surface area contributed by atoms with Gasteiger partial charge < -0.3 is 5.32 Å². The zero-order chi connectivity index (χ0) is 12.3. The first-order chi connectivity index (χ1) is 8.19. The summed E-state index contributed by atoms with van der Waals surface area (Å²) in [5.74, 6) is -1.16. The second kappa shape index (κ2) is 5.49. The summed E-state index contributed by atoms with van der Waals surface area (Å²) >= 11 is 1.62. The molecule has 92 valence electrons. The van der Waals surface area contributed by atoms with Crippen molar-refractivity contribution in [2.24, 2.45) is 4.99 Å². The fraction of sp³-hybridized carbons (Fsp3) is 0.417. The maximum Gasteiger partial charge on any atom is 0.161 e. The van der Waals surface area contributed by atoms with Crippen molar-refractivity contribution in [3.05, 3.63) is 29.8 Å². The van der Waals surface area contributed by atoms with E-state index in [1.807, 2.05) is 0 Å². The van der Waals surface area contributed by atoms with Crippen molar-refractivity contribution in [1.82, 2.24) is 0 Å². The quantitative estimate of drug-likeness (QED) is 0.892. The van der Waals surface area contributed by atoms with Crippen LogP contribution in [0.15, 0.2) is 23.2 Å². The lowest BCUT2D eigenvalue weighted by atomic mass is 10.2. The van der Waals surface area contributed by atoms with Gasteiger partial charge in [0.2, 0.25) is 0 Å². The van der Waals surface area contributed by atoms with E-state index < -0.39 is 11.6 Å². The van der Waals surface area contributed by atoms with E-state index in [0.717, 1.165) is 25.5 Å². The summed E-state index contributed by atoms with van der Waals surface area (Å²) in [6, 6.07) is 3.49. The van der Waals surface area contributed by atoms with Crippen LogP contribution in [0, 0.1) is 11.6 Å². The van der Waals surface area contributed by atoms with Gasteiger partial charge in [0, 0.05) is 11.3 Å². The molecule has 17 heavy (non-hydrogen) atoms. The smallest absolute Gasteiger partial charge is 0.161 e. The molecule has 1 unspecified atom stereocenters. The third-order valence-electron chi connectivity index (χ3n) is 2.50. The van der Waals surface area contributed by atoms with Gasteiger partial charge in [-0.3, -0.25) is 4.99 Å². The summed E-state index contributed by atoms with van der Waals surface area (Å²) in [6.07, 6.45) is 2.22. The molecule has 0 aliphatic carbocycles. The van der Waals surface area contributed by atoms with E-state index in [4.69, 9.17) is 0 Å². The standard InChI is InChI=1S/C12H14F2N2S/c1-2-3-9-7-15-12(17-9)16-11-5-4-8(13)6-10(11)14/h4-6,9H,2-3,7H2,1H3,(H,15,16). The largest absolute Gasteiger partial charge is 0.333 e. The van der Waals surface area contributed by atoms with Gasteiger partial charge in [-0.05, 0) is 18.6 Å². The molecule has 1 aliphatic heterocycles. The Hall–Kier alpha value is -1.10. The van der Waals surface area contributed by atoms with E-state index in [2.05, 4.69) is 17.2 Å². The van der Waals surface area contributed by atoms with Crippen molar-refractivity contribution >= 4 is 22.6 Å². The van der Waals surface area contributed by atoms with Crippen LogP contribution in [0.1, 0.15) is 19.8 Å². The summed E-state index contributed by atoms with van der Waals surface area (Å²) in [5, 5.41) is 4.09. The van der Waals surface area contributed by atoms with Gasteiger partial charge in [0.1, 0.15) is 11.6 Å². The first-order valence-corrected chi connectivity index (χ1v) is 6.50. The van der Waals surface area contributed by atoms with Gasteiger partial charge in [0.25, 0.3) is 0 Å². The lowest BCUT2D eigenvalue weighted by molar-refractivity contribution is 0.586. The molecule has 1 aromatic rings. The molecule has 2 nitrogen and oxygen atoms in total. The van der Waals surface area contributed by atoms with Crippen molar-refractivity contribution in [3.63, 3.8) is 0 Å². The minimum atomic E-state index is -0.591. The zero-order valence-electron chi connectivity index (χ0n) is 9.54. The molecular formula is C12H14F2N2S. The Balaban J connectivity index is 1.98. The molecule has 1 atom stereocenters. The Labute approximate surface area is 104 Å². The van der Waals surface area contributed by atoms with Crippen molar-refractivity contribution in [1.29, 1.82) is 0 Å². The molecule has 1 heterocycles. The summed E-state index contributed by atoms with van der Waals surface area (Å²) < 4.78 is 26.1. The Morgan fingerprint density at radius 3 is 3.00 bits per heavy atom. The molecule has 0 bridgehead atoms. The summed E-state index contributed by atoms with van der Waals surface area (Å²) in [5.41, 5.74) is 0.273. The Bertz CT molecular complexity index is 435. The topological polar surface area (TPSA) is 24.4 Å². The molecule has 1 aliphatic rings. The fourth-order valence-electron chi connectivity index (χ4n) is 1.66. The number of nitrogens with one attached hydrogen (secondary N) is 1. The highest BCUT2D eigenvalue weighted by Crippen LogP contribution is 2.26. The van der Waals surface area contributed by atoms with Crippen molar-refractivity contribution < 1.29 is 8.78 Å². The first kappa shape index (κ1) is 12.4. The van der Waals surface area contributed by atoms with Crippen molar-refractivity contribution in [2.75, 3.05) is 11.9 Å². The predicted octanol–water partition coefficient (Wildman–Crippen LogP) is 3.65. The molecular weight excluding hydrogens is 242 g/mol. The van der Waals surface area contributed by atoms with Crippen molar-refractivity contribution in [2.45, 2.75) is 25.0 Å². The van der Waals surface area contributed by atoms with E-state index in [1.54, 1.807) is 11.8 Å². The van der Waals surface area contributed by atoms with Crippen LogP contribution in [0.2, 0.25) is 0 Å². The normalized spacial score (nSPS) is 19.2. The molecule has 1 aromatic carbocycles. The number of halogens is 2. The van der Waals surface area contributed by atoms with Crippen LogP contribution in [0.3, 0.4) is 0 Å². The molecule has 0 saturated heterocycles. The van der Waals surface area contributed by atoms with Gasteiger partial charge in [-0.25, -0.2) is 8.78 Å². The highest BCUT2D eigenvalue weighted by molar-refractivity contribution is 8.15. The Kier molecular flexibility index (Phi) is 3.99. The lowest BCUT2D eigenvalue weighted by Gasteiger charge is -2.08. The van der Waals surface area contributed by atoms with Gasteiger partial charge in [-0.15, -0.1) is 0 Å². The number of amidine groups is 1. The van der Waals surface area contributed by atoms with E-state index in [0.29, 0.717) is 10.4 Å². The maximum atomic E-state index is 13.4. The minimum absolute atomic E-state index is 0.273. The van der Waals surface area contributed by atoms with Crippen LogP contribution < -0.4 is 5.32 Å². The molecule has 2 rings (SSSR count). The average Bonchev–Trinajstić information content (AvgIpc) is 2.71. The summed E-state index contributed by atoms with van der Waals surface area (Å²) in [6.45, 7) is 2.90. The Morgan fingerprint density at radius 2 is 2.29 bits per heavy atom. The van der Waals surface area contributed by atoms with Crippen LogP contribution in [0.5, 0.6) is 0 Å². The van der Waals surface area contributed by atoms with E-state index in [-0.39, 0.29) is 5.69 Å². The van der Waals surface area contributed by atoms with Crippen LogP contribution in [-0.2, 0) is 0 Å². The number of benzene rings is 1. The zero-order valence-corrected chi connectivity index (χ0v) is 10.4. The molecule has 0 spiro atoms. The number of rotatable bonds is 3. The second-order valence-corrected chi connectivity index (χ2v) is 5.21. The van der Waals surface area contributed by atoms with Gasteiger partial charge in [0.15, 0.2) is 5.17 Å². The van der Waals surface area contributed by atoms with Crippen LogP contribution in [-0.4, -0.2) is 17.0 Å². The third kappa shape index (κ3) is 3.19. The van der Waals surface area contributed by atoms with Crippen LogP contribution in [0.25, 0.3) is 0 Å². The van der Waals surface area contributed by atoms with Crippen molar-refractivity contribution in [3.8, 4) is 0 Å². The Morgan fingerprint density at radius 1 is 1.47 bits per heavy atom. The maximum absolute atomic E-state index is 13.4. The van der Waals surface area contributed by atoms with Crippen LogP contribution >= 0.6 is 11.8 Å². The monoisotopic (exact) mass is 256 g/mol. The van der Waals surface area contributed by atoms with Gasteiger partial charge in [-0.1, -0.05) is 25.1 Å². The average molecular weight is 256 g/mol. The number of hydrogen-bond donors (Lipinski definition) is 1. The number of anilines is 1. The fourth-order valence-corrected chi connectivity index (χ4v) is 2.80.